The molecule has 0 radical (unpaired) electrons. The van der Waals surface area contributed by atoms with Gasteiger partial charge >= 0.3 is 0 Å². The fourth-order valence-corrected chi connectivity index (χ4v) is 2.39. The van der Waals surface area contributed by atoms with Crippen LogP contribution in [0.5, 0.6) is 17.4 Å². The van der Waals surface area contributed by atoms with Crippen molar-refractivity contribution in [2.24, 2.45) is 4.99 Å². The molecule has 0 spiro atoms. The minimum Gasteiger partial charge on any atom is -0.497 e. The SMILES string of the molecule is CCNC(=NCc1ccc(Oc2cccc(OC)c2)nc1)NCCCOCC.I. The maximum atomic E-state index is 5.76. The third-order valence-electron chi connectivity index (χ3n) is 3.79. The number of pyridine rings is 1. The molecular weight excluding hydrogens is 483 g/mol. The number of ether oxygens (including phenoxy) is 3. The number of aliphatic imine (C=N–C) groups is 1. The first kappa shape index (κ1) is 25.0. The molecule has 0 saturated heterocycles. The molecule has 7 nitrogen and oxygen atoms in total. The highest BCUT2D eigenvalue weighted by Crippen LogP contribution is 2.23. The van der Waals surface area contributed by atoms with Gasteiger partial charge in [-0.05, 0) is 38.0 Å². The molecule has 2 rings (SSSR count). The summed E-state index contributed by atoms with van der Waals surface area (Å²) in [4.78, 5) is 8.95. The number of halogens is 1. The lowest BCUT2D eigenvalue weighted by Gasteiger charge is -2.11. The highest BCUT2D eigenvalue weighted by atomic mass is 127. The van der Waals surface area contributed by atoms with Gasteiger partial charge in [0.05, 0.1) is 13.7 Å². The minimum absolute atomic E-state index is 0. The van der Waals surface area contributed by atoms with E-state index >= 15 is 0 Å². The molecule has 0 saturated carbocycles. The van der Waals surface area contributed by atoms with Crippen LogP contribution in [0.1, 0.15) is 25.8 Å². The Kier molecular flexibility index (Phi) is 12.8. The summed E-state index contributed by atoms with van der Waals surface area (Å²) < 4.78 is 16.3. The van der Waals surface area contributed by atoms with Crippen molar-refractivity contribution >= 4 is 29.9 Å². The van der Waals surface area contributed by atoms with Gasteiger partial charge in [0.2, 0.25) is 5.88 Å². The predicted octanol–water partition coefficient (Wildman–Crippen LogP) is 3.98. The summed E-state index contributed by atoms with van der Waals surface area (Å²) in [5, 5.41) is 6.55. The average Bonchev–Trinajstić information content (AvgIpc) is 2.73. The van der Waals surface area contributed by atoms with E-state index < -0.39 is 0 Å². The van der Waals surface area contributed by atoms with E-state index in [-0.39, 0.29) is 24.0 Å². The summed E-state index contributed by atoms with van der Waals surface area (Å²) >= 11 is 0. The molecule has 160 valence electrons. The van der Waals surface area contributed by atoms with Gasteiger partial charge in [-0.3, -0.25) is 0 Å². The number of methoxy groups -OCH3 is 1. The zero-order chi connectivity index (χ0) is 20.0. The Hall–Kier alpha value is -2.07. The lowest BCUT2D eigenvalue weighted by molar-refractivity contribution is 0.145. The Morgan fingerprint density at radius 1 is 1.10 bits per heavy atom. The fourth-order valence-electron chi connectivity index (χ4n) is 2.39. The molecule has 0 unspecified atom stereocenters. The van der Waals surface area contributed by atoms with E-state index in [0.29, 0.717) is 18.2 Å². The maximum absolute atomic E-state index is 5.76. The van der Waals surface area contributed by atoms with Gasteiger partial charge in [-0.15, -0.1) is 24.0 Å². The Morgan fingerprint density at radius 2 is 1.93 bits per heavy atom. The first-order valence-electron chi connectivity index (χ1n) is 9.62. The van der Waals surface area contributed by atoms with Gasteiger partial charge in [-0.25, -0.2) is 9.98 Å². The molecular formula is C21H31IN4O3. The Labute approximate surface area is 190 Å². The molecule has 1 aromatic heterocycles. The average molecular weight is 514 g/mol. The van der Waals surface area contributed by atoms with Crippen LogP contribution in [0, 0.1) is 0 Å². The number of benzene rings is 1. The molecule has 0 amide bonds. The van der Waals surface area contributed by atoms with Crippen LogP contribution in [-0.2, 0) is 11.3 Å². The minimum atomic E-state index is 0. The van der Waals surface area contributed by atoms with Crippen LogP contribution in [0.3, 0.4) is 0 Å². The molecule has 1 heterocycles. The molecule has 0 fully saturated rings. The van der Waals surface area contributed by atoms with Crippen molar-refractivity contribution < 1.29 is 14.2 Å². The molecule has 1 aromatic carbocycles. The fraction of sp³-hybridized carbons (Fsp3) is 0.429. The molecule has 2 N–H and O–H groups in total. The van der Waals surface area contributed by atoms with Gasteiger partial charge < -0.3 is 24.8 Å². The van der Waals surface area contributed by atoms with Crippen LogP contribution < -0.4 is 20.1 Å². The first-order valence-corrected chi connectivity index (χ1v) is 9.62. The monoisotopic (exact) mass is 514 g/mol. The van der Waals surface area contributed by atoms with Crippen LogP contribution in [0.2, 0.25) is 0 Å². The van der Waals surface area contributed by atoms with E-state index in [1.165, 1.54) is 0 Å². The van der Waals surface area contributed by atoms with Gasteiger partial charge in [0.15, 0.2) is 5.96 Å². The third kappa shape index (κ3) is 9.80. The number of rotatable bonds is 11. The van der Waals surface area contributed by atoms with Crippen LogP contribution in [0.4, 0.5) is 0 Å². The van der Waals surface area contributed by atoms with Gasteiger partial charge in [-0.2, -0.15) is 0 Å². The summed E-state index contributed by atoms with van der Waals surface area (Å²) in [6.45, 7) is 7.71. The van der Waals surface area contributed by atoms with Crippen LogP contribution in [-0.4, -0.2) is 44.4 Å². The Balaban J connectivity index is 0.00000420. The zero-order valence-corrected chi connectivity index (χ0v) is 19.6. The summed E-state index contributed by atoms with van der Waals surface area (Å²) in [5.74, 6) is 2.74. The van der Waals surface area contributed by atoms with E-state index in [1.807, 2.05) is 50.2 Å². The van der Waals surface area contributed by atoms with E-state index in [9.17, 15) is 0 Å². The quantitative estimate of drug-likeness (QED) is 0.205. The van der Waals surface area contributed by atoms with E-state index in [1.54, 1.807) is 13.3 Å². The van der Waals surface area contributed by atoms with Crippen molar-refractivity contribution in [3.8, 4) is 17.4 Å². The van der Waals surface area contributed by atoms with Crippen molar-refractivity contribution in [3.05, 3.63) is 48.2 Å². The Bertz CT molecular complexity index is 726. The van der Waals surface area contributed by atoms with E-state index in [4.69, 9.17) is 14.2 Å². The van der Waals surface area contributed by atoms with Gasteiger partial charge in [0.25, 0.3) is 0 Å². The largest absolute Gasteiger partial charge is 0.497 e. The number of nitrogens with one attached hydrogen (secondary N) is 2. The normalized spacial score (nSPS) is 10.8. The standard InChI is InChI=1S/C21H30N4O3.HI/c1-4-22-21(23-12-7-13-27-5-2)25-16-17-10-11-20(24-15-17)28-19-9-6-8-18(14-19)26-3;/h6,8-11,14-15H,4-5,7,12-13,16H2,1-3H3,(H2,22,23,25);1H. The lowest BCUT2D eigenvalue weighted by Crippen LogP contribution is -2.38. The Morgan fingerprint density at radius 3 is 2.62 bits per heavy atom. The number of hydrogen-bond donors (Lipinski definition) is 2. The molecule has 2 aromatic rings. The third-order valence-corrected chi connectivity index (χ3v) is 3.79. The number of aromatic nitrogens is 1. The van der Waals surface area contributed by atoms with Crippen LogP contribution >= 0.6 is 24.0 Å². The number of nitrogens with zero attached hydrogens (tertiary/aromatic N) is 2. The van der Waals surface area contributed by atoms with Crippen molar-refractivity contribution in [2.45, 2.75) is 26.8 Å². The molecule has 0 atom stereocenters. The second-order valence-corrected chi connectivity index (χ2v) is 5.96. The van der Waals surface area contributed by atoms with Gasteiger partial charge in [0.1, 0.15) is 11.5 Å². The molecule has 0 aliphatic heterocycles. The van der Waals surface area contributed by atoms with Crippen molar-refractivity contribution in [3.63, 3.8) is 0 Å². The second-order valence-electron chi connectivity index (χ2n) is 5.96. The van der Waals surface area contributed by atoms with Crippen LogP contribution in [0.25, 0.3) is 0 Å². The predicted molar refractivity (Wildman–Crippen MR) is 127 cm³/mol. The summed E-state index contributed by atoms with van der Waals surface area (Å²) in [7, 11) is 1.63. The smallest absolute Gasteiger partial charge is 0.219 e. The molecule has 0 aliphatic carbocycles. The molecule has 8 heteroatoms. The van der Waals surface area contributed by atoms with Crippen molar-refractivity contribution in [1.29, 1.82) is 0 Å². The summed E-state index contributed by atoms with van der Waals surface area (Å²) in [6, 6.07) is 11.2. The van der Waals surface area contributed by atoms with Gasteiger partial charge in [-0.1, -0.05) is 12.1 Å². The molecule has 0 bridgehead atoms. The number of guanidine groups is 1. The lowest BCUT2D eigenvalue weighted by atomic mass is 10.3. The second kappa shape index (κ2) is 14.9. The maximum Gasteiger partial charge on any atom is 0.219 e. The van der Waals surface area contributed by atoms with E-state index in [2.05, 4.69) is 20.6 Å². The molecule has 0 aliphatic rings. The van der Waals surface area contributed by atoms with Gasteiger partial charge in [0, 0.05) is 44.6 Å². The van der Waals surface area contributed by atoms with Crippen LogP contribution in [0.15, 0.2) is 47.6 Å². The summed E-state index contributed by atoms with van der Waals surface area (Å²) in [5.41, 5.74) is 1.00. The summed E-state index contributed by atoms with van der Waals surface area (Å²) in [6.07, 6.45) is 2.72. The van der Waals surface area contributed by atoms with E-state index in [0.717, 1.165) is 50.0 Å². The highest BCUT2D eigenvalue weighted by molar-refractivity contribution is 14.0. The molecule has 29 heavy (non-hydrogen) atoms. The zero-order valence-electron chi connectivity index (χ0n) is 17.3. The first-order chi connectivity index (χ1) is 13.7. The van der Waals surface area contributed by atoms with Crippen molar-refractivity contribution in [2.75, 3.05) is 33.4 Å². The highest BCUT2D eigenvalue weighted by Gasteiger charge is 2.02. The number of hydrogen-bond acceptors (Lipinski definition) is 5. The van der Waals surface area contributed by atoms with Crippen molar-refractivity contribution in [1.82, 2.24) is 15.6 Å². The topological polar surface area (TPSA) is 77.0 Å².